The maximum absolute atomic E-state index is 9.19. The molecule has 78 valence electrons. The molecule has 0 aliphatic carbocycles. The minimum absolute atomic E-state index is 0.0602. The summed E-state index contributed by atoms with van der Waals surface area (Å²) < 4.78 is 0. The van der Waals surface area contributed by atoms with Gasteiger partial charge in [-0.2, -0.15) is 0 Å². The third kappa shape index (κ3) is 3.46. The van der Waals surface area contributed by atoms with Crippen LogP contribution in [0.5, 0.6) is 0 Å². The number of aliphatic hydroxyl groups excluding tert-OH is 1. The van der Waals surface area contributed by atoms with Crippen LogP contribution < -0.4 is 0 Å². The summed E-state index contributed by atoms with van der Waals surface area (Å²) in [5.74, 6) is 0. The molecule has 0 saturated heterocycles. The highest BCUT2D eigenvalue weighted by molar-refractivity contribution is 5.66. The SMILES string of the molecule is CC(/C=C(\CO)c1ccccc1)N=[N+]=[N-]. The lowest BCUT2D eigenvalue weighted by Crippen LogP contribution is -1.97. The third-order valence-corrected chi connectivity index (χ3v) is 1.99. The maximum Gasteiger partial charge on any atom is 0.0684 e. The molecule has 0 aromatic heterocycles. The van der Waals surface area contributed by atoms with Crippen molar-refractivity contribution in [3.63, 3.8) is 0 Å². The molecule has 0 aliphatic rings. The van der Waals surface area contributed by atoms with Gasteiger partial charge in [0.05, 0.1) is 12.6 Å². The summed E-state index contributed by atoms with van der Waals surface area (Å²) in [5.41, 5.74) is 9.98. The summed E-state index contributed by atoms with van der Waals surface area (Å²) in [6, 6.07) is 9.27. The summed E-state index contributed by atoms with van der Waals surface area (Å²) in [7, 11) is 0. The largest absolute Gasteiger partial charge is 0.392 e. The van der Waals surface area contributed by atoms with E-state index in [-0.39, 0.29) is 12.6 Å². The van der Waals surface area contributed by atoms with Crippen molar-refractivity contribution in [2.45, 2.75) is 13.0 Å². The second-order valence-electron chi connectivity index (χ2n) is 3.16. The maximum atomic E-state index is 9.19. The number of hydrogen-bond acceptors (Lipinski definition) is 2. The highest BCUT2D eigenvalue weighted by Gasteiger charge is 2.01. The summed E-state index contributed by atoms with van der Waals surface area (Å²) in [4.78, 5) is 2.72. The predicted octanol–water partition coefficient (Wildman–Crippen LogP) is 2.76. The van der Waals surface area contributed by atoms with Crippen molar-refractivity contribution in [2.24, 2.45) is 5.11 Å². The van der Waals surface area contributed by atoms with Gasteiger partial charge in [0.15, 0.2) is 0 Å². The summed E-state index contributed by atoms with van der Waals surface area (Å²) >= 11 is 0. The fraction of sp³-hybridized carbons (Fsp3) is 0.273. The highest BCUT2D eigenvalue weighted by Crippen LogP contribution is 2.14. The number of azide groups is 1. The van der Waals surface area contributed by atoms with E-state index in [1.54, 1.807) is 13.0 Å². The fourth-order valence-electron chi connectivity index (χ4n) is 1.30. The van der Waals surface area contributed by atoms with Crippen LogP contribution in [0.1, 0.15) is 12.5 Å². The van der Waals surface area contributed by atoms with Crippen molar-refractivity contribution in [3.05, 3.63) is 52.4 Å². The number of rotatable bonds is 4. The van der Waals surface area contributed by atoms with E-state index >= 15 is 0 Å². The van der Waals surface area contributed by atoms with Crippen molar-refractivity contribution >= 4 is 5.57 Å². The quantitative estimate of drug-likeness (QED) is 0.456. The molecule has 0 heterocycles. The van der Waals surface area contributed by atoms with Gasteiger partial charge in [0, 0.05) is 4.91 Å². The second-order valence-corrected chi connectivity index (χ2v) is 3.16. The van der Waals surface area contributed by atoms with Crippen molar-refractivity contribution in [2.75, 3.05) is 6.61 Å². The van der Waals surface area contributed by atoms with Gasteiger partial charge in [-0.1, -0.05) is 48.4 Å². The molecule has 0 bridgehead atoms. The van der Waals surface area contributed by atoms with E-state index in [4.69, 9.17) is 5.53 Å². The van der Waals surface area contributed by atoms with E-state index in [1.165, 1.54) is 0 Å². The average molecular weight is 203 g/mol. The van der Waals surface area contributed by atoms with Crippen molar-refractivity contribution in [1.82, 2.24) is 0 Å². The summed E-state index contributed by atoms with van der Waals surface area (Å²) in [6.45, 7) is 1.72. The Morgan fingerprint density at radius 3 is 2.73 bits per heavy atom. The first kappa shape index (κ1) is 11.3. The van der Waals surface area contributed by atoms with Gasteiger partial charge in [-0.3, -0.25) is 0 Å². The summed E-state index contributed by atoms with van der Waals surface area (Å²) in [6.07, 6.45) is 1.76. The molecule has 4 heteroatoms. The van der Waals surface area contributed by atoms with Crippen molar-refractivity contribution in [3.8, 4) is 0 Å². The Morgan fingerprint density at radius 1 is 1.53 bits per heavy atom. The summed E-state index contributed by atoms with van der Waals surface area (Å²) in [5, 5.41) is 12.7. The molecule has 0 fully saturated rings. The van der Waals surface area contributed by atoms with Crippen LogP contribution in [0.15, 0.2) is 41.5 Å². The van der Waals surface area contributed by atoms with E-state index in [1.807, 2.05) is 30.3 Å². The van der Waals surface area contributed by atoms with Crippen molar-refractivity contribution in [1.29, 1.82) is 0 Å². The molecule has 1 rings (SSSR count). The Morgan fingerprint density at radius 2 is 2.20 bits per heavy atom. The molecule has 15 heavy (non-hydrogen) atoms. The lowest BCUT2D eigenvalue weighted by atomic mass is 10.0. The predicted molar refractivity (Wildman–Crippen MR) is 60.1 cm³/mol. The lowest BCUT2D eigenvalue weighted by Gasteiger charge is -2.05. The molecule has 1 aromatic carbocycles. The zero-order valence-corrected chi connectivity index (χ0v) is 8.54. The molecule has 0 spiro atoms. The van der Waals surface area contributed by atoms with Crippen LogP contribution in [-0.4, -0.2) is 17.8 Å². The van der Waals surface area contributed by atoms with Crippen molar-refractivity contribution < 1.29 is 5.11 Å². The van der Waals surface area contributed by atoms with Gasteiger partial charge in [0.1, 0.15) is 0 Å². The number of nitrogens with zero attached hydrogens (tertiary/aromatic N) is 3. The van der Waals surface area contributed by atoms with Gasteiger partial charge in [-0.05, 0) is 16.7 Å². The Hall–Kier alpha value is -1.77. The Balaban J connectivity index is 2.93. The Kier molecular flexibility index (Phi) is 4.41. The monoisotopic (exact) mass is 203 g/mol. The molecule has 4 nitrogen and oxygen atoms in total. The normalized spacial score (nSPS) is 13.1. The molecule has 1 N–H and O–H groups in total. The molecule has 0 aliphatic heterocycles. The van der Waals surface area contributed by atoms with Crippen LogP contribution in [0.4, 0.5) is 0 Å². The molecule has 1 aromatic rings. The fourth-order valence-corrected chi connectivity index (χ4v) is 1.30. The van der Waals surface area contributed by atoms with Gasteiger partial charge in [-0.25, -0.2) is 0 Å². The van der Waals surface area contributed by atoms with E-state index in [2.05, 4.69) is 10.0 Å². The van der Waals surface area contributed by atoms with E-state index in [0.717, 1.165) is 11.1 Å². The molecular weight excluding hydrogens is 190 g/mol. The van der Waals surface area contributed by atoms with E-state index in [9.17, 15) is 5.11 Å². The van der Waals surface area contributed by atoms with E-state index in [0.29, 0.717) is 0 Å². The van der Waals surface area contributed by atoms with Gasteiger partial charge < -0.3 is 5.11 Å². The topological polar surface area (TPSA) is 69.0 Å². The first-order valence-corrected chi connectivity index (χ1v) is 4.69. The average Bonchev–Trinajstić information content (AvgIpc) is 2.27. The highest BCUT2D eigenvalue weighted by atomic mass is 16.3. The Bertz CT molecular complexity index is 380. The van der Waals surface area contributed by atoms with Crippen LogP contribution in [0.3, 0.4) is 0 Å². The van der Waals surface area contributed by atoms with Gasteiger partial charge >= 0.3 is 0 Å². The first-order valence-electron chi connectivity index (χ1n) is 4.69. The molecule has 1 atom stereocenters. The molecular formula is C11H13N3O. The number of aliphatic hydroxyl groups is 1. The number of hydrogen-bond donors (Lipinski definition) is 1. The molecule has 0 saturated carbocycles. The molecule has 0 amide bonds. The van der Waals surface area contributed by atoms with Crippen LogP contribution in [0.25, 0.3) is 16.0 Å². The number of benzene rings is 1. The van der Waals surface area contributed by atoms with Gasteiger partial charge in [-0.15, -0.1) is 0 Å². The van der Waals surface area contributed by atoms with Crippen LogP contribution in [0, 0.1) is 0 Å². The molecule has 1 unspecified atom stereocenters. The molecule has 0 radical (unpaired) electrons. The van der Waals surface area contributed by atoms with Crippen LogP contribution in [0.2, 0.25) is 0 Å². The smallest absolute Gasteiger partial charge is 0.0684 e. The van der Waals surface area contributed by atoms with Gasteiger partial charge in [0.2, 0.25) is 0 Å². The minimum atomic E-state index is -0.252. The van der Waals surface area contributed by atoms with Crippen LogP contribution >= 0.6 is 0 Å². The van der Waals surface area contributed by atoms with Gasteiger partial charge in [0.25, 0.3) is 0 Å². The minimum Gasteiger partial charge on any atom is -0.392 e. The lowest BCUT2D eigenvalue weighted by molar-refractivity contribution is 0.349. The first-order chi connectivity index (χ1) is 7.27. The van der Waals surface area contributed by atoms with Crippen LogP contribution in [-0.2, 0) is 0 Å². The third-order valence-electron chi connectivity index (χ3n) is 1.99. The van der Waals surface area contributed by atoms with E-state index < -0.39 is 0 Å². The zero-order chi connectivity index (χ0) is 11.1. The second kappa shape index (κ2) is 5.86. The standard InChI is InChI=1S/C11H13N3O/c1-9(13-14-12)7-11(8-15)10-5-3-2-4-6-10/h2-7,9,15H,8H2,1H3/b11-7+. The Labute approximate surface area is 88.5 Å². The zero-order valence-electron chi connectivity index (χ0n) is 8.54.